The first-order valence-electron chi connectivity index (χ1n) is 5.98. The van der Waals surface area contributed by atoms with E-state index in [1.165, 1.54) is 31.7 Å². The third kappa shape index (κ3) is 2.25. The molecule has 1 aromatic carbocycles. The Balaban J connectivity index is 1.67. The van der Waals surface area contributed by atoms with Crippen LogP contribution >= 0.6 is 11.8 Å². The summed E-state index contributed by atoms with van der Waals surface area (Å²) in [6.07, 6.45) is 5.12. The minimum Gasteiger partial charge on any atom is -0.311 e. The lowest BCUT2D eigenvalue weighted by Crippen LogP contribution is -2.39. The summed E-state index contributed by atoms with van der Waals surface area (Å²) >= 11 is 1.85. The molecule has 1 nitrogen and oxygen atoms in total. The fourth-order valence-corrected chi connectivity index (χ4v) is 4.21. The highest BCUT2D eigenvalue weighted by Crippen LogP contribution is 2.37. The third-order valence-corrected chi connectivity index (χ3v) is 4.77. The molecule has 2 aliphatic heterocycles. The van der Waals surface area contributed by atoms with Gasteiger partial charge in [0.25, 0.3) is 0 Å². The van der Waals surface area contributed by atoms with E-state index in [0.29, 0.717) is 17.3 Å². The topological polar surface area (TPSA) is 12.0 Å². The molecule has 2 fully saturated rings. The van der Waals surface area contributed by atoms with Crippen molar-refractivity contribution >= 4 is 11.8 Å². The number of rotatable bonds is 2. The Morgan fingerprint density at radius 1 is 1.19 bits per heavy atom. The molecule has 2 aliphatic rings. The number of nitrogens with one attached hydrogen (secondary N) is 1. The van der Waals surface area contributed by atoms with Gasteiger partial charge in [-0.05, 0) is 43.9 Å². The van der Waals surface area contributed by atoms with E-state index in [9.17, 15) is 4.39 Å². The normalized spacial score (nSPS) is 32.9. The van der Waals surface area contributed by atoms with Crippen LogP contribution in [0.5, 0.6) is 0 Å². The van der Waals surface area contributed by atoms with Crippen molar-refractivity contribution < 1.29 is 4.39 Å². The highest BCUT2D eigenvalue weighted by atomic mass is 32.2. The predicted molar refractivity (Wildman–Crippen MR) is 65.2 cm³/mol. The maximum Gasteiger partial charge on any atom is 0.124 e. The van der Waals surface area contributed by atoms with Gasteiger partial charge in [0.15, 0.2) is 0 Å². The van der Waals surface area contributed by atoms with Crippen LogP contribution in [0.4, 0.5) is 4.39 Å². The Kier molecular flexibility index (Phi) is 2.90. The zero-order chi connectivity index (χ0) is 11.0. The van der Waals surface area contributed by atoms with Crippen molar-refractivity contribution in [3.63, 3.8) is 0 Å². The first-order valence-corrected chi connectivity index (χ1v) is 6.86. The monoisotopic (exact) mass is 237 g/mol. The molecular formula is C13H16FNS. The lowest BCUT2D eigenvalue weighted by Gasteiger charge is -2.28. The molecule has 0 spiro atoms. The number of halogens is 1. The Morgan fingerprint density at radius 3 is 2.62 bits per heavy atom. The maximum absolute atomic E-state index is 13.1. The van der Waals surface area contributed by atoms with Gasteiger partial charge >= 0.3 is 0 Å². The van der Waals surface area contributed by atoms with Crippen molar-refractivity contribution in [1.82, 2.24) is 5.32 Å². The van der Waals surface area contributed by atoms with Crippen LogP contribution in [-0.4, -0.2) is 17.3 Å². The third-order valence-electron chi connectivity index (χ3n) is 3.53. The first kappa shape index (κ1) is 10.6. The van der Waals surface area contributed by atoms with Crippen molar-refractivity contribution in [1.29, 1.82) is 0 Å². The van der Waals surface area contributed by atoms with E-state index in [-0.39, 0.29) is 5.82 Å². The summed E-state index contributed by atoms with van der Waals surface area (Å²) < 4.78 is 13.1. The first-order chi connectivity index (χ1) is 7.79. The van der Waals surface area contributed by atoms with E-state index in [1.54, 1.807) is 12.1 Å². The van der Waals surface area contributed by atoms with Gasteiger partial charge in [-0.2, -0.15) is 0 Å². The molecule has 0 saturated carbocycles. The van der Waals surface area contributed by atoms with Crippen molar-refractivity contribution in [3.8, 4) is 0 Å². The molecule has 0 aliphatic carbocycles. The molecular weight excluding hydrogens is 221 g/mol. The van der Waals surface area contributed by atoms with Crippen molar-refractivity contribution in [2.24, 2.45) is 0 Å². The van der Waals surface area contributed by atoms with Crippen LogP contribution in [0.25, 0.3) is 0 Å². The highest BCUT2D eigenvalue weighted by molar-refractivity contribution is 8.00. The molecule has 2 unspecified atom stereocenters. The summed E-state index contributed by atoms with van der Waals surface area (Å²) in [5.74, 6) is -0.123. The summed E-state index contributed by atoms with van der Waals surface area (Å²) in [4.78, 5) is 1.08. The smallest absolute Gasteiger partial charge is 0.124 e. The maximum atomic E-state index is 13.1. The Hall–Kier alpha value is -0.540. The van der Waals surface area contributed by atoms with E-state index < -0.39 is 0 Å². The molecule has 1 aromatic rings. The molecule has 2 heterocycles. The average molecular weight is 237 g/mol. The van der Waals surface area contributed by atoms with Crippen LogP contribution in [0.3, 0.4) is 0 Å². The number of fused-ring (bicyclic) bond motifs is 2. The minimum absolute atomic E-state index is 0.123. The molecule has 3 heteroatoms. The second-order valence-corrected chi connectivity index (χ2v) is 6.18. The molecule has 2 atom stereocenters. The standard InChI is InChI=1S/C13H16FNS/c14-9-2-1-3-12(6-9)16-13-7-10-4-5-11(8-13)15-10/h1-3,6,10-11,13,15H,4-5,7-8H2. The van der Waals surface area contributed by atoms with Gasteiger partial charge in [-0.3, -0.25) is 0 Å². The molecule has 86 valence electrons. The zero-order valence-electron chi connectivity index (χ0n) is 9.16. The van der Waals surface area contributed by atoms with E-state index in [0.717, 1.165) is 4.90 Å². The molecule has 2 bridgehead atoms. The molecule has 2 saturated heterocycles. The summed E-state index contributed by atoms with van der Waals surface area (Å²) in [5, 5.41) is 4.30. The van der Waals surface area contributed by atoms with Crippen LogP contribution in [0.2, 0.25) is 0 Å². The van der Waals surface area contributed by atoms with E-state index in [4.69, 9.17) is 0 Å². The van der Waals surface area contributed by atoms with E-state index in [2.05, 4.69) is 5.32 Å². The minimum atomic E-state index is -0.123. The molecule has 0 radical (unpaired) electrons. The Bertz CT molecular complexity index is 370. The molecule has 0 aromatic heterocycles. The van der Waals surface area contributed by atoms with Gasteiger partial charge in [-0.25, -0.2) is 4.39 Å². The van der Waals surface area contributed by atoms with Gasteiger partial charge in [0.2, 0.25) is 0 Å². The quantitative estimate of drug-likeness (QED) is 0.847. The lowest BCUT2D eigenvalue weighted by atomic mass is 10.1. The fraction of sp³-hybridized carbons (Fsp3) is 0.538. The summed E-state index contributed by atoms with van der Waals surface area (Å²) in [6, 6.07) is 8.39. The van der Waals surface area contributed by atoms with Crippen molar-refractivity contribution in [2.75, 3.05) is 0 Å². The van der Waals surface area contributed by atoms with E-state index in [1.807, 2.05) is 17.8 Å². The average Bonchev–Trinajstić information content (AvgIpc) is 2.58. The summed E-state index contributed by atoms with van der Waals surface area (Å²) in [6.45, 7) is 0. The van der Waals surface area contributed by atoms with Crippen LogP contribution in [0, 0.1) is 5.82 Å². The Labute approximate surface area is 99.8 Å². The van der Waals surface area contributed by atoms with E-state index >= 15 is 0 Å². The van der Waals surface area contributed by atoms with Crippen molar-refractivity contribution in [3.05, 3.63) is 30.1 Å². The SMILES string of the molecule is Fc1cccc(SC2CC3CCC(C2)N3)c1. The number of hydrogen-bond acceptors (Lipinski definition) is 2. The molecule has 0 amide bonds. The molecule has 16 heavy (non-hydrogen) atoms. The van der Waals surface area contributed by atoms with Gasteiger partial charge in [-0.1, -0.05) is 6.07 Å². The zero-order valence-corrected chi connectivity index (χ0v) is 9.97. The van der Waals surface area contributed by atoms with Crippen LogP contribution in [0.1, 0.15) is 25.7 Å². The van der Waals surface area contributed by atoms with Gasteiger partial charge in [-0.15, -0.1) is 11.8 Å². The second kappa shape index (κ2) is 4.38. The Morgan fingerprint density at radius 2 is 1.94 bits per heavy atom. The van der Waals surface area contributed by atoms with Crippen LogP contribution in [-0.2, 0) is 0 Å². The van der Waals surface area contributed by atoms with Gasteiger partial charge in [0.1, 0.15) is 5.82 Å². The highest BCUT2D eigenvalue weighted by Gasteiger charge is 2.33. The number of benzene rings is 1. The molecule has 3 rings (SSSR count). The van der Waals surface area contributed by atoms with Gasteiger partial charge in [0.05, 0.1) is 0 Å². The fourth-order valence-electron chi connectivity index (χ4n) is 2.83. The predicted octanol–water partition coefficient (Wildman–Crippen LogP) is 3.20. The number of thioether (sulfide) groups is 1. The van der Waals surface area contributed by atoms with Gasteiger partial charge in [0, 0.05) is 22.2 Å². The summed E-state index contributed by atoms with van der Waals surface area (Å²) in [5.41, 5.74) is 0. The number of piperidine rings is 1. The largest absolute Gasteiger partial charge is 0.311 e. The summed E-state index contributed by atoms with van der Waals surface area (Å²) in [7, 11) is 0. The van der Waals surface area contributed by atoms with Crippen LogP contribution < -0.4 is 5.32 Å². The van der Waals surface area contributed by atoms with Crippen molar-refractivity contribution in [2.45, 2.75) is 47.9 Å². The molecule has 1 N–H and O–H groups in total. The van der Waals surface area contributed by atoms with Gasteiger partial charge < -0.3 is 5.32 Å². The number of hydrogen-bond donors (Lipinski definition) is 1. The second-order valence-electron chi connectivity index (χ2n) is 4.81. The van der Waals surface area contributed by atoms with Crippen LogP contribution in [0.15, 0.2) is 29.2 Å². The lowest BCUT2D eigenvalue weighted by molar-refractivity contribution is 0.415.